The minimum absolute atomic E-state index is 0.00203. The number of halogens is 3. The van der Waals surface area contributed by atoms with Gasteiger partial charge in [0.2, 0.25) is 0 Å². The molecule has 2 N–H and O–H groups in total. The molecular weight excluding hydrogens is 235 g/mol. The first-order valence-corrected chi connectivity index (χ1v) is 5.72. The van der Waals surface area contributed by atoms with Crippen LogP contribution < -0.4 is 5.73 Å². The van der Waals surface area contributed by atoms with Crippen molar-refractivity contribution in [1.82, 2.24) is 0 Å². The fourth-order valence-corrected chi connectivity index (χ4v) is 1.47. The third-order valence-corrected chi connectivity index (χ3v) is 2.75. The molecule has 0 heterocycles. The van der Waals surface area contributed by atoms with E-state index in [4.69, 9.17) is 5.73 Å². The zero-order valence-electron chi connectivity index (χ0n) is 10.4. The maximum atomic E-state index is 12.5. The van der Waals surface area contributed by atoms with Crippen LogP contribution in [0.4, 0.5) is 13.2 Å². The van der Waals surface area contributed by atoms with Gasteiger partial charge in [0.15, 0.2) is 0 Å². The number of hydrogen-bond acceptors (Lipinski definition) is 3. The second-order valence-electron chi connectivity index (χ2n) is 4.18. The fourth-order valence-electron chi connectivity index (χ4n) is 1.47. The molecule has 0 bridgehead atoms. The number of carbonyl (C=O) groups excluding carboxylic acids is 1. The van der Waals surface area contributed by atoms with Crippen LogP contribution in [0.5, 0.6) is 0 Å². The van der Waals surface area contributed by atoms with Gasteiger partial charge < -0.3 is 10.5 Å². The van der Waals surface area contributed by atoms with Gasteiger partial charge in [-0.15, -0.1) is 0 Å². The molecule has 102 valence electrons. The minimum atomic E-state index is -4.58. The molecule has 0 aliphatic heterocycles. The third-order valence-electron chi connectivity index (χ3n) is 2.75. The summed E-state index contributed by atoms with van der Waals surface area (Å²) in [7, 11) is 0. The second-order valence-corrected chi connectivity index (χ2v) is 4.18. The summed E-state index contributed by atoms with van der Waals surface area (Å²) >= 11 is 0. The quantitative estimate of drug-likeness (QED) is 0.742. The van der Waals surface area contributed by atoms with Gasteiger partial charge in [-0.2, -0.15) is 13.2 Å². The lowest BCUT2D eigenvalue weighted by atomic mass is 9.88. The molecule has 6 heteroatoms. The van der Waals surface area contributed by atoms with Gasteiger partial charge in [0.25, 0.3) is 0 Å². The zero-order valence-corrected chi connectivity index (χ0v) is 10.4. The Morgan fingerprint density at radius 3 is 2.24 bits per heavy atom. The molecule has 0 fully saturated rings. The molecular formula is C11H20F3NO2. The van der Waals surface area contributed by atoms with E-state index in [2.05, 4.69) is 4.74 Å². The van der Waals surface area contributed by atoms with Crippen molar-refractivity contribution < 1.29 is 22.7 Å². The minimum Gasteiger partial charge on any atom is -0.466 e. The predicted molar refractivity (Wildman–Crippen MR) is 58.2 cm³/mol. The molecule has 3 nitrogen and oxygen atoms in total. The predicted octanol–water partition coefficient (Wildman–Crippen LogP) is 2.49. The summed E-state index contributed by atoms with van der Waals surface area (Å²) in [5, 5.41) is 0. The van der Waals surface area contributed by atoms with Crippen LogP contribution >= 0.6 is 0 Å². The van der Waals surface area contributed by atoms with Crippen molar-refractivity contribution in [1.29, 1.82) is 0 Å². The molecule has 0 aromatic rings. The highest BCUT2D eigenvalue weighted by Crippen LogP contribution is 2.29. The maximum Gasteiger partial charge on any atom is 0.404 e. The van der Waals surface area contributed by atoms with Gasteiger partial charge in [-0.3, -0.25) is 4.79 Å². The molecule has 17 heavy (non-hydrogen) atoms. The van der Waals surface area contributed by atoms with E-state index in [9.17, 15) is 18.0 Å². The van der Waals surface area contributed by atoms with Gasteiger partial charge >= 0.3 is 12.1 Å². The number of rotatable bonds is 6. The molecule has 1 unspecified atom stereocenters. The molecule has 0 rings (SSSR count). The maximum absolute atomic E-state index is 12.5. The van der Waals surface area contributed by atoms with Crippen molar-refractivity contribution in [2.24, 2.45) is 17.6 Å². The Labute approximate surface area is 99.5 Å². The van der Waals surface area contributed by atoms with E-state index in [1.165, 1.54) is 0 Å². The van der Waals surface area contributed by atoms with Gasteiger partial charge in [-0.1, -0.05) is 20.3 Å². The van der Waals surface area contributed by atoms with E-state index in [1.54, 1.807) is 13.8 Å². The first-order valence-electron chi connectivity index (χ1n) is 5.72. The topological polar surface area (TPSA) is 52.3 Å². The lowest BCUT2D eigenvalue weighted by Gasteiger charge is -2.26. The standard InChI is InChI=1S/C11H20F3NO2/c1-4-7(3)6-8(10(16)17-5-2)9(15)11(12,13)14/h7-9H,4-6,15H2,1-3H3/t7?,8-,9-/m1/s1. The van der Waals surface area contributed by atoms with Gasteiger partial charge in [-0.05, 0) is 19.3 Å². The van der Waals surface area contributed by atoms with Gasteiger partial charge in [0.05, 0.1) is 12.5 Å². The molecule has 0 aliphatic rings. The number of nitrogens with two attached hydrogens (primary N) is 1. The fraction of sp³-hybridized carbons (Fsp3) is 0.909. The molecule has 0 saturated carbocycles. The van der Waals surface area contributed by atoms with Crippen molar-refractivity contribution in [3.05, 3.63) is 0 Å². The van der Waals surface area contributed by atoms with Crippen LogP contribution in [0, 0.1) is 11.8 Å². The van der Waals surface area contributed by atoms with Crippen LogP contribution in [0.2, 0.25) is 0 Å². The average molecular weight is 255 g/mol. The van der Waals surface area contributed by atoms with Crippen molar-refractivity contribution in [3.63, 3.8) is 0 Å². The van der Waals surface area contributed by atoms with Crippen molar-refractivity contribution >= 4 is 5.97 Å². The highest BCUT2D eigenvalue weighted by molar-refractivity contribution is 5.73. The summed E-state index contributed by atoms with van der Waals surface area (Å²) < 4.78 is 42.2. The Morgan fingerprint density at radius 1 is 1.35 bits per heavy atom. The first-order chi connectivity index (χ1) is 7.73. The van der Waals surface area contributed by atoms with Crippen LogP contribution in [0.3, 0.4) is 0 Å². The van der Waals surface area contributed by atoms with Crippen molar-refractivity contribution in [3.8, 4) is 0 Å². The Morgan fingerprint density at radius 2 is 1.88 bits per heavy atom. The summed E-state index contributed by atoms with van der Waals surface area (Å²) in [5.74, 6) is -2.18. The first kappa shape index (κ1) is 16.2. The molecule has 0 spiro atoms. The summed E-state index contributed by atoms with van der Waals surface area (Å²) in [6.45, 7) is 5.25. The zero-order chi connectivity index (χ0) is 13.6. The highest BCUT2D eigenvalue weighted by atomic mass is 19.4. The largest absolute Gasteiger partial charge is 0.466 e. The number of ether oxygens (including phenoxy) is 1. The number of carbonyl (C=O) groups is 1. The summed E-state index contributed by atoms with van der Waals surface area (Å²) in [6, 6.07) is -2.16. The van der Waals surface area contributed by atoms with E-state index in [-0.39, 0.29) is 18.9 Å². The smallest absolute Gasteiger partial charge is 0.404 e. The number of alkyl halides is 3. The van der Waals surface area contributed by atoms with Crippen molar-refractivity contribution in [2.45, 2.75) is 45.8 Å². The van der Waals surface area contributed by atoms with E-state index in [1.807, 2.05) is 6.92 Å². The normalized spacial score (nSPS) is 17.4. The van der Waals surface area contributed by atoms with Crippen LogP contribution in [-0.4, -0.2) is 24.8 Å². The average Bonchev–Trinajstić information content (AvgIpc) is 2.23. The number of esters is 1. The Hall–Kier alpha value is -0.780. The Kier molecular flexibility index (Phi) is 6.52. The number of hydrogen-bond donors (Lipinski definition) is 1. The monoisotopic (exact) mass is 255 g/mol. The summed E-state index contributed by atoms with van der Waals surface area (Å²) in [5.41, 5.74) is 5.10. The molecule has 0 saturated heterocycles. The van der Waals surface area contributed by atoms with Crippen LogP contribution in [-0.2, 0) is 9.53 Å². The van der Waals surface area contributed by atoms with Crippen LogP contribution in [0.25, 0.3) is 0 Å². The SMILES string of the molecule is CCOC(=O)[C@H](CC(C)CC)[C@@H](N)C(F)(F)F. The van der Waals surface area contributed by atoms with Gasteiger partial charge in [0, 0.05) is 0 Å². The molecule has 0 aliphatic carbocycles. The summed E-state index contributed by atoms with van der Waals surface area (Å²) in [4.78, 5) is 11.5. The van der Waals surface area contributed by atoms with E-state index in [0.29, 0.717) is 6.42 Å². The molecule has 0 amide bonds. The molecule has 0 aromatic carbocycles. The van der Waals surface area contributed by atoms with Crippen molar-refractivity contribution in [2.75, 3.05) is 6.61 Å². The third kappa shape index (κ3) is 5.39. The molecule has 3 atom stereocenters. The Balaban J connectivity index is 4.78. The summed E-state index contributed by atoms with van der Waals surface area (Å²) in [6.07, 6.45) is -3.79. The van der Waals surface area contributed by atoms with E-state index < -0.39 is 24.1 Å². The lowest BCUT2D eigenvalue weighted by Crippen LogP contribution is -2.47. The van der Waals surface area contributed by atoms with E-state index in [0.717, 1.165) is 0 Å². The second kappa shape index (κ2) is 6.83. The lowest BCUT2D eigenvalue weighted by molar-refractivity contribution is -0.177. The van der Waals surface area contributed by atoms with Gasteiger partial charge in [0.1, 0.15) is 6.04 Å². The van der Waals surface area contributed by atoms with E-state index >= 15 is 0 Å². The van der Waals surface area contributed by atoms with Gasteiger partial charge in [-0.25, -0.2) is 0 Å². The van der Waals surface area contributed by atoms with Crippen LogP contribution in [0.1, 0.15) is 33.6 Å². The van der Waals surface area contributed by atoms with Crippen LogP contribution in [0.15, 0.2) is 0 Å². The Bertz CT molecular complexity index is 243. The highest BCUT2D eigenvalue weighted by Gasteiger charge is 2.45. The molecule has 0 radical (unpaired) electrons. The molecule has 0 aromatic heterocycles.